The van der Waals surface area contributed by atoms with Crippen LogP contribution in [0.4, 0.5) is 0 Å². The number of rotatable bonds is 3. The highest BCUT2D eigenvalue weighted by atomic mass is 16.5. The van der Waals surface area contributed by atoms with Gasteiger partial charge in [0.2, 0.25) is 5.91 Å². The Labute approximate surface area is 147 Å². The van der Waals surface area contributed by atoms with E-state index in [1.165, 1.54) is 51.6 Å². The van der Waals surface area contributed by atoms with Crippen LogP contribution in [-0.4, -0.2) is 61.1 Å². The summed E-state index contributed by atoms with van der Waals surface area (Å²) in [5.74, 6) is 0.783. The van der Waals surface area contributed by atoms with E-state index in [4.69, 9.17) is 4.74 Å². The fourth-order valence-electron chi connectivity index (χ4n) is 5.00. The number of hydrogen-bond acceptors (Lipinski definition) is 3. The average molecular weight is 337 g/mol. The van der Waals surface area contributed by atoms with Crippen molar-refractivity contribution in [2.45, 2.75) is 82.3 Å². The molecule has 1 unspecified atom stereocenters. The lowest BCUT2D eigenvalue weighted by atomic mass is 9.78. The van der Waals surface area contributed by atoms with E-state index in [2.05, 4.69) is 4.90 Å². The molecule has 3 aliphatic rings. The smallest absolute Gasteiger partial charge is 0.222 e. The molecule has 24 heavy (non-hydrogen) atoms. The molecular weight excluding hydrogens is 300 g/mol. The summed E-state index contributed by atoms with van der Waals surface area (Å²) < 4.78 is 6.29. The Kier molecular flexibility index (Phi) is 6.20. The lowest BCUT2D eigenvalue weighted by Gasteiger charge is -2.48. The molecule has 1 atom stereocenters. The molecule has 138 valence electrons. The van der Waals surface area contributed by atoms with Crippen LogP contribution in [0.3, 0.4) is 0 Å². The van der Waals surface area contributed by atoms with Crippen molar-refractivity contribution < 1.29 is 9.53 Å². The van der Waals surface area contributed by atoms with Gasteiger partial charge in [0.05, 0.1) is 5.60 Å². The Morgan fingerprint density at radius 1 is 1.08 bits per heavy atom. The first-order chi connectivity index (χ1) is 11.6. The number of carbonyl (C=O) groups excluding carboxylic acids is 1. The fourth-order valence-corrected chi connectivity index (χ4v) is 5.00. The van der Waals surface area contributed by atoms with Crippen molar-refractivity contribution in [3.05, 3.63) is 0 Å². The number of nitrogens with zero attached hydrogens (tertiary/aromatic N) is 2. The Balaban J connectivity index is 1.51. The molecule has 4 nitrogen and oxygen atoms in total. The summed E-state index contributed by atoms with van der Waals surface area (Å²) in [7, 11) is 3.73. The van der Waals surface area contributed by atoms with Gasteiger partial charge in [-0.3, -0.25) is 4.79 Å². The van der Waals surface area contributed by atoms with Crippen molar-refractivity contribution in [3.8, 4) is 0 Å². The molecule has 1 saturated carbocycles. The SMILES string of the molecule is CN(C)C(=O)CC1CCOC2(CCN(C3CCCCCC3)CC2)C1. The van der Waals surface area contributed by atoms with Gasteiger partial charge >= 0.3 is 0 Å². The standard InChI is InChI=1S/C20H36N2O2/c1-21(2)19(23)15-17-9-14-24-20(16-17)10-12-22(13-11-20)18-7-5-3-4-6-8-18/h17-18H,3-16H2,1-2H3. The molecule has 0 aromatic rings. The minimum Gasteiger partial charge on any atom is -0.375 e. The summed E-state index contributed by atoms with van der Waals surface area (Å²) >= 11 is 0. The highest BCUT2D eigenvalue weighted by Gasteiger charge is 2.41. The minimum atomic E-state index is 0.0662. The predicted octanol–water partition coefficient (Wildman–Crippen LogP) is 3.45. The quantitative estimate of drug-likeness (QED) is 0.740. The average Bonchev–Trinajstić information content (AvgIpc) is 2.85. The number of hydrogen-bond donors (Lipinski definition) is 0. The van der Waals surface area contributed by atoms with Gasteiger partial charge in [-0.25, -0.2) is 0 Å². The number of carbonyl (C=O) groups is 1. The van der Waals surface area contributed by atoms with Gasteiger partial charge < -0.3 is 14.5 Å². The van der Waals surface area contributed by atoms with E-state index in [0.29, 0.717) is 12.3 Å². The summed E-state index contributed by atoms with van der Waals surface area (Å²) in [6.07, 6.45) is 13.6. The zero-order valence-corrected chi connectivity index (χ0v) is 15.8. The van der Waals surface area contributed by atoms with E-state index in [-0.39, 0.29) is 11.5 Å². The summed E-state index contributed by atoms with van der Waals surface area (Å²) in [6.45, 7) is 3.23. The molecule has 0 radical (unpaired) electrons. The van der Waals surface area contributed by atoms with Gasteiger partial charge in [-0.2, -0.15) is 0 Å². The summed E-state index contributed by atoms with van der Waals surface area (Å²) in [4.78, 5) is 16.5. The van der Waals surface area contributed by atoms with Gasteiger partial charge in [-0.05, 0) is 44.4 Å². The summed E-state index contributed by atoms with van der Waals surface area (Å²) in [6, 6.07) is 0.819. The Morgan fingerprint density at radius 2 is 1.75 bits per heavy atom. The zero-order valence-electron chi connectivity index (χ0n) is 15.8. The molecule has 1 spiro atoms. The van der Waals surface area contributed by atoms with E-state index in [1.54, 1.807) is 4.90 Å². The molecule has 2 saturated heterocycles. The first-order valence-electron chi connectivity index (χ1n) is 10.2. The number of ether oxygens (including phenoxy) is 1. The van der Waals surface area contributed by atoms with Gasteiger partial charge in [-0.15, -0.1) is 0 Å². The molecule has 3 fully saturated rings. The van der Waals surface area contributed by atoms with E-state index < -0.39 is 0 Å². The van der Waals surface area contributed by atoms with E-state index in [9.17, 15) is 4.79 Å². The maximum atomic E-state index is 12.1. The van der Waals surface area contributed by atoms with Crippen molar-refractivity contribution in [3.63, 3.8) is 0 Å². The molecule has 3 rings (SSSR count). The van der Waals surface area contributed by atoms with Crippen LogP contribution in [-0.2, 0) is 9.53 Å². The molecule has 0 bridgehead atoms. The molecule has 0 N–H and O–H groups in total. The van der Waals surface area contributed by atoms with Gasteiger partial charge in [-0.1, -0.05) is 25.7 Å². The highest BCUT2D eigenvalue weighted by Crippen LogP contribution is 2.40. The normalized spacial score (nSPS) is 29.3. The molecule has 0 aromatic heterocycles. The van der Waals surface area contributed by atoms with Crippen LogP contribution < -0.4 is 0 Å². The van der Waals surface area contributed by atoms with Crippen LogP contribution in [0.25, 0.3) is 0 Å². The zero-order chi connectivity index (χ0) is 17.0. The van der Waals surface area contributed by atoms with Crippen molar-refractivity contribution in [2.75, 3.05) is 33.8 Å². The molecule has 4 heteroatoms. The Hall–Kier alpha value is -0.610. The van der Waals surface area contributed by atoms with Crippen molar-refractivity contribution in [1.82, 2.24) is 9.80 Å². The Bertz CT molecular complexity index is 408. The van der Waals surface area contributed by atoms with Crippen LogP contribution in [0.1, 0.15) is 70.6 Å². The predicted molar refractivity (Wildman–Crippen MR) is 97.0 cm³/mol. The van der Waals surface area contributed by atoms with Crippen LogP contribution in [0, 0.1) is 5.92 Å². The van der Waals surface area contributed by atoms with E-state index >= 15 is 0 Å². The number of likely N-dealkylation sites (tertiary alicyclic amines) is 1. The third kappa shape index (κ3) is 4.51. The van der Waals surface area contributed by atoms with Crippen LogP contribution in [0.5, 0.6) is 0 Å². The first-order valence-corrected chi connectivity index (χ1v) is 10.2. The van der Waals surface area contributed by atoms with Gasteiger partial charge in [0.15, 0.2) is 0 Å². The maximum Gasteiger partial charge on any atom is 0.222 e. The van der Waals surface area contributed by atoms with Crippen molar-refractivity contribution >= 4 is 5.91 Å². The third-order valence-corrected chi connectivity index (χ3v) is 6.61. The molecule has 2 heterocycles. The van der Waals surface area contributed by atoms with E-state index in [1.807, 2.05) is 14.1 Å². The molecule has 2 aliphatic heterocycles. The molecule has 1 aliphatic carbocycles. The molecular formula is C20H36N2O2. The van der Waals surface area contributed by atoms with Crippen molar-refractivity contribution in [1.29, 1.82) is 0 Å². The highest BCUT2D eigenvalue weighted by molar-refractivity contribution is 5.75. The molecule has 1 amide bonds. The van der Waals surface area contributed by atoms with Gasteiger partial charge in [0.25, 0.3) is 0 Å². The number of amides is 1. The first kappa shape index (κ1) is 18.2. The maximum absolute atomic E-state index is 12.1. The molecule has 0 aromatic carbocycles. The van der Waals surface area contributed by atoms with Crippen LogP contribution in [0.15, 0.2) is 0 Å². The lowest BCUT2D eigenvalue weighted by molar-refractivity contribution is -0.142. The summed E-state index contributed by atoms with van der Waals surface area (Å²) in [5.41, 5.74) is 0.0662. The second-order valence-electron chi connectivity index (χ2n) is 8.56. The van der Waals surface area contributed by atoms with Crippen LogP contribution >= 0.6 is 0 Å². The lowest BCUT2D eigenvalue weighted by Crippen LogP contribution is -2.52. The van der Waals surface area contributed by atoms with Gasteiger partial charge in [0.1, 0.15) is 0 Å². The summed E-state index contributed by atoms with van der Waals surface area (Å²) in [5, 5.41) is 0. The monoisotopic (exact) mass is 336 g/mol. The topological polar surface area (TPSA) is 32.8 Å². The fraction of sp³-hybridized carbons (Fsp3) is 0.950. The van der Waals surface area contributed by atoms with Crippen LogP contribution in [0.2, 0.25) is 0 Å². The second-order valence-corrected chi connectivity index (χ2v) is 8.56. The largest absolute Gasteiger partial charge is 0.375 e. The second kappa shape index (κ2) is 8.18. The van der Waals surface area contributed by atoms with E-state index in [0.717, 1.165) is 38.3 Å². The minimum absolute atomic E-state index is 0.0662. The van der Waals surface area contributed by atoms with Gasteiger partial charge in [0, 0.05) is 46.3 Å². The number of piperidine rings is 1. The third-order valence-electron chi connectivity index (χ3n) is 6.61. The Morgan fingerprint density at radius 3 is 2.38 bits per heavy atom. The van der Waals surface area contributed by atoms with Crippen molar-refractivity contribution in [2.24, 2.45) is 5.92 Å².